The number of carboxylic acid groups (broad SMARTS) is 1. The fraction of sp³-hybridized carbons (Fsp3) is 0.567. The molecule has 14 heteroatoms. The van der Waals surface area contributed by atoms with Crippen LogP contribution in [-0.2, 0) is 48.7 Å². The normalized spacial score (nSPS) is 22.9. The van der Waals surface area contributed by atoms with Crippen molar-refractivity contribution in [2.24, 2.45) is 0 Å². The van der Waals surface area contributed by atoms with Crippen LogP contribution in [0.4, 0.5) is 0 Å². The first-order valence-corrected chi connectivity index (χ1v) is 14.3. The maximum Gasteiger partial charge on any atom is 1.00 e. The Morgan fingerprint density at radius 2 is 1.77 bits per heavy atom. The van der Waals surface area contributed by atoms with Crippen LogP contribution in [-0.4, -0.2) is 80.6 Å². The molecule has 13 nitrogen and oxygen atoms in total. The number of ketones is 1. The zero-order valence-corrected chi connectivity index (χ0v) is 27.8. The molecule has 1 spiro atoms. The minimum Gasteiger partial charge on any atom is -0.550 e. The van der Waals surface area contributed by atoms with Gasteiger partial charge in [0.05, 0.1) is 12.6 Å². The van der Waals surface area contributed by atoms with Gasteiger partial charge < -0.3 is 44.8 Å². The second kappa shape index (κ2) is 15.0. The van der Waals surface area contributed by atoms with E-state index in [0.717, 1.165) is 5.56 Å². The van der Waals surface area contributed by atoms with E-state index in [4.69, 9.17) is 18.9 Å². The standard InChI is InChI=1S/C30H39N3O10.Na/c1-29(2)14-13-19-25(43-29)18-7-5-6-8-20(18)30(26(19)37)41-16-17(42-30)15-40-24(36)12-10-21(31-3)28(39)33-22(27(38)32-4)9-11-23(34)35;/h5-8,17,21-22,31H,9-16H2,1-4H3,(H,32,38)(H,33,39)(H,34,35);/q;+1/p-1. The second-order valence-corrected chi connectivity index (χ2v) is 11.4. The van der Waals surface area contributed by atoms with E-state index in [2.05, 4.69) is 16.0 Å². The molecule has 0 bridgehead atoms. The summed E-state index contributed by atoms with van der Waals surface area (Å²) in [5.41, 5.74) is 1.38. The number of hydrogen-bond acceptors (Lipinski definition) is 11. The molecule has 234 valence electrons. The van der Waals surface area contributed by atoms with Gasteiger partial charge in [0.2, 0.25) is 17.6 Å². The van der Waals surface area contributed by atoms with Crippen molar-refractivity contribution in [3.8, 4) is 0 Å². The van der Waals surface area contributed by atoms with E-state index in [1.165, 1.54) is 14.1 Å². The van der Waals surface area contributed by atoms with E-state index >= 15 is 0 Å². The Morgan fingerprint density at radius 3 is 2.45 bits per heavy atom. The fourth-order valence-electron chi connectivity index (χ4n) is 5.41. The number of rotatable bonds is 12. The third-order valence-corrected chi connectivity index (χ3v) is 7.78. The fourth-order valence-corrected chi connectivity index (χ4v) is 5.41. The van der Waals surface area contributed by atoms with Crippen molar-refractivity contribution in [2.75, 3.05) is 27.3 Å². The Kier molecular flexibility index (Phi) is 12.1. The first kappa shape index (κ1) is 35.7. The minimum atomic E-state index is -1.65. The van der Waals surface area contributed by atoms with Crippen LogP contribution in [0.2, 0.25) is 0 Å². The Labute approximate surface area is 278 Å². The number of hydrogen-bond donors (Lipinski definition) is 3. The number of benzene rings is 1. The number of carbonyl (C=O) groups excluding carboxylic acids is 5. The van der Waals surface area contributed by atoms with Crippen molar-refractivity contribution in [3.63, 3.8) is 0 Å². The average Bonchev–Trinajstić information content (AvgIpc) is 3.41. The van der Waals surface area contributed by atoms with E-state index < -0.39 is 59.7 Å². The summed E-state index contributed by atoms with van der Waals surface area (Å²) in [4.78, 5) is 61.9. The summed E-state index contributed by atoms with van der Waals surface area (Å²) in [7, 11) is 2.89. The third kappa shape index (κ3) is 7.88. The van der Waals surface area contributed by atoms with Crippen LogP contribution < -0.4 is 50.6 Å². The number of esters is 1. The summed E-state index contributed by atoms with van der Waals surface area (Å²) < 4.78 is 23.8. The molecule has 0 aromatic heterocycles. The van der Waals surface area contributed by atoms with Gasteiger partial charge in [-0.05, 0) is 53.0 Å². The molecule has 3 N–H and O–H groups in total. The zero-order chi connectivity index (χ0) is 31.4. The quantitative estimate of drug-likeness (QED) is 0.158. The monoisotopic (exact) mass is 623 g/mol. The summed E-state index contributed by atoms with van der Waals surface area (Å²) in [6.07, 6.45) is -0.165. The molecule has 2 aliphatic heterocycles. The number of carboxylic acids is 1. The van der Waals surface area contributed by atoms with Gasteiger partial charge in [0.15, 0.2) is 0 Å². The summed E-state index contributed by atoms with van der Waals surface area (Å²) in [6.45, 7) is 3.82. The number of ether oxygens (including phenoxy) is 4. The van der Waals surface area contributed by atoms with E-state index in [-0.39, 0.29) is 67.8 Å². The van der Waals surface area contributed by atoms with Gasteiger partial charge in [0, 0.05) is 36.1 Å². The molecular weight excluding hydrogens is 585 g/mol. The van der Waals surface area contributed by atoms with Crippen LogP contribution in [0, 0.1) is 0 Å². The van der Waals surface area contributed by atoms with Gasteiger partial charge >= 0.3 is 35.5 Å². The van der Waals surface area contributed by atoms with Gasteiger partial charge in [-0.25, -0.2) is 0 Å². The number of aliphatic carboxylic acids is 1. The Bertz CT molecular complexity index is 1320. The van der Waals surface area contributed by atoms with Crippen LogP contribution in [0.15, 0.2) is 29.8 Å². The van der Waals surface area contributed by atoms with Crippen LogP contribution in [0.3, 0.4) is 0 Å². The van der Waals surface area contributed by atoms with Gasteiger partial charge in [0.25, 0.3) is 5.79 Å². The number of nitrogens with one attached hydrogen (secondary N) is 3. The van der Waals surface area contributed by atoms with Crippen LogP contribution in [0.5, 0.6) is 0 Å². The number of carbonyl (C=O) groups is 5. The van der Waals surface area contributed by atoms with Gasteiger partial charge in [0.1, 0.15) is 30.1 Å². The molecule has 1 fully saturated rings. The molecule has 1 aliphatic carbocycles. The van der Waals surface area contributed by atoms with Crippen molar-refractivity contribution < 1.29 is 77.6 Å². The summed E-state index contributed by atoms with van der Waals surface area (Å²) >= 11 is 0. The van der Waals surface area contributed by atoms with Crippen molar-refractivity contribution in [3.05, 3.63) is 41.0 Å². The molecule has 1 saturated heterocycles. The molecular formula is C30H38N3NaO10. The number of amides is 2. The summed E-state index contributed by atoms with van der Waals surface area (Å²) in [5.74, 6) is -4.48. The average molecular weight is 624 g/mol. The Hall–Kier alpha value is -2.81. The molecule has 4 unspecified atom stereocenters. The summed E-state index contributed by atoms with van der Waals surface area (Å²) in [5, 5.41) is 18.5. The van der Waals surface area contributed by atoms with Crippen molar-refractivity contribution in [1.82, 2.24) is 16.0 Å². The molecule has 2 amide bonds. The first-order chi connectivity index (χ1) is 20.4. The van der Waals surface area contributed by atoms with Crippen molar-refractivity contribution >= 4 is 35.3 Å². The van der Waals surface area contributed by atoms with Crippen molar-refractivity contribution in [1.29, 1.82) is 0 Å². The SMILES string of the molecule is CNC(=O)C(CCC(=O)[O-])NC(=O)C(CCC(=O)OCC1COC2(O1)C(=O)C1=C(OC(C)(C)CC1)c1ccccc12)NC.[Na+]. The minimum absolute atomic E-state index is 0. The molecule has 3 aliphatic rings. The van der Waals surface area contributed by atoms with E-state index in [1.54, 1.807) is 12.1 Å². The van der Waals surface area contributed by atoms with Gasteiger partial charge in [-0.1, -0.05) is 24.3 Å². The predicted octanol–water partition coefficient (Wildman–Crippen LogP) is -3.19. The molecule has 4 atom stereocenters. The van der Waals surface area contributed by atoms with Gasteiger partial charge in [-0.15, -0.1) is 0 Å². The third-order valence-electron chi connectivity index (χ3n) is 7.78. The molecule has 2 heterocycles. The van der Waals surface area contributed by atoms with E-state index in [1.807, 2.05) is 26.0 Å². The maximum absolute atomic E-state index is 13.7. The number of Topliss-reactive ketones (excluding diaryl/α,β-unsaturated/α-hetero) is 1. The van der Waals surface area contributed by atoms with Crippen LogP contribution >= 0.6 is 0 Å². The largest absolute Gasteiger partial charge is 1.00 e. The second-order valence-electron chi connectivity index (χ2n) is 11.4. The topological polar surface area (TPSA) is 181 Å². The molecule has 44 heavy (non-hydrogen) atoms. The maximum atomic E-state index is 13.7. The zero-order valence-electron chi connectivity index (χ0n) is 25.8. The Morgan fingerprint density at radius 1 is 1.07 bits per heavy atom. The van der Waals surface area contributed by atoms with E-state index in [9.17, 15) is 29.1 Å². The van der Waals surface area contributed by atoms with Crippen LogP contribution in [0.1, 0.15) is 63.5 Å². The smallest absolute Gasteiger partial charge is 0.550 e. The molecule has 0 radical (unpaired) electrons. The Balaban J connectivity index is 0.00000529. The van der Waals surface area contributed by atoms with Gasteiger partial charge in [-0.3, -0.25) is 19.2 Å². The molecule has 1 aromatic rings. The summed E-state index contributed by atoms with van der Waals surface area (Å²) in [6, 6.07) is 5.37. The van der Waals surface area contributed by atoms with Crippen LogP contribution in [0.25, 0.3) is 5.76 Å². The number of fused-ring (bicyclic) bond motifs is 3. The molecule has 4 rings (SSSR count). The van der Waals surface area contributed by atoms with Crippen molar-refractivity contribution in [2.45, 2.75) is 81.9 Å². The van der Waals surface area contributed by atoms with Gasteiger partial charge in [-0.2, -0.15) is 0 Å². The molecule has 1 aromatic carbocycles. The predicted molar refractivity (Wildman–Crippen MR) is 149 cm³/mol. The van der Waals surface area contributed by atoms with E-state index in [0.29, 0.717) is 29.7 Å². The molecule has 0 saturated carbocycles. The first-order valence-electron chi connectivity index (χ1n) is 14.3. The number of likely N-dealkylation sites (N-methyl/N-ethyl adjacent to an activating group) is 2.